The molecule has 0 aliphatic rings. The van der Waals surface area contributed by atoms with Gasteiger partial charge in [-0.1, -0.05) is 0 Å². The van der Waals surface area contributed by atoms with Crippen molar-refractivity contribution in [2.75, 3.05) is 19.5 Å². The number of aromatic nitrogens is 2. The number of anilines is 2. The number of halogens is 1. The minimum Gasteiger partial charge on any atom is -0.497 e. The zero-order valence-corrected chi connectivity index (χ0v) is 13.4. The predicted octanol–water partition coefficient (Wildman–Crippen LogP) is 3.62. The Bertz CT molecular complexity index is 612. The molecule has 2 aromatic rings. The lowest BCUT2D eigenvalue weighted by Crippen LogP contribution is -2.02. The first kappa shape index (κ1) is 14.6. The summed E-state index contributed by atoms with van der Waals surface area (Å²) in [6.45, 7) is 3.86. The van der Waals surface area contributed by atoms with Crippen molar-refractivity contribution >= 4 is 27.6 Å². The maximum atomic E-state index is 5.37. The fourth-order valence-electron chi connectivity index (χ4n) is 1.85. The molecule has 0 spiro atoms. The summed E-state index contributed by atoms with van der Waals surface area (Å²) in [7, 11) is 3.22. The van der Waals surface area contributed by atoms with Crippen molar-refractivity contribution in [3.05, 3.63) is 34.1 Å². The van der Waals surface area contributed by atoms with E-state index in [9.17, 15) is 0 Å². The zero-order valence-electron chi connectivity index (χ0n) is 11.8. The fraction of sp³-hybridized carbons (Fsp3) is 0.286. The predicted molar refractivity (Wildman–Crippen MR) is 82.0 cm³/mol. The Hall–Kier alpha value is -1.82. The second kappa shape index (κ2) is 6.09. The molecule has 1 heterocycles. The maximum Gasteiger partial charge on any atom is 0.227 e. The lowest BCUT2D eigenvalue weighted by Gasteiger charge is -2.14. The van der Waals surface area contributed by atoms with Crippen LogP contribution >= 0.6 is 15.9 Å². The highest BCUT2D eigenvalue weighted by Gasteiger charge is 2.12. The highest BCUT2D eigenvalue weighted by Crippen LogP contribution is 2.38. The van der Waals surface area contributed by atoms with Crippen LogP contribution in [-0.2, 0) is 0 Å². The van der Waals surface area contributed by atoms with E-state index in [1.54, 1.807) is 20.3 Å². The van der Waals surface area contributed by atoms with Gasteiger partial charge in [0.1, 0.15) is 11.5 Å². The lowest BCUT2D eigenvalue weighted by molar-refractivity contribution is 0.395. The molecule has 0 bridgehead atoms. The van der Waals surface area contributed by atoms with Crippen molar-refractivity contribution < 1.29 is 9.47 Å². The van der Waals surface area contributed by atoms with E-state index >= 15 is 0 Å². The van der Waals surface area contributed by atoms with Gasteiger partial charge in [-0.2, -0.15) is 0 Å². The van der Waals surface area contributed by atoms with Crippen molar-refractivity contribution in [3.8, 4) is 11.5 Å². The van der Waals surface area contributed by atoms with Gasteiger partial charge in [0.05, 0.1) is 19.9 Å². The highest BCUT2D eigenvalue weighted by atomic mass is 79.9. The van der Waals surface area contributed by atoms with E-state index in [-0.39, 0.29) is 0 Å². The summed E-state index contributed by atoms with van der Waals surface area (Å²) in [4.78, 5) is 8.72. The third-order valence-corrected chi connectivity index (χ3v) is 3.33. The molecule has 0 radical (unpaired) electrons. The molecule has 0 atom stereocenters. The molecule has 1 aromatic carbocycles. The molecule has 0 unspecified atom stereocenters. The van der Waals surface area contributed by atoms with E-state index in [0.29, 0.717) is 17.4 Å². The van der Waals surface area contributed by atoms with Crippen molar-refractivity contribution in [1.82, 2.24) is 9.97 Å². The number of benzene rings is 1. The summed E-state index contributed by atoms with van der Waals surface area (Å²) in [6.07, 6.45) is 0. The first-order chi connectivity index (χ1) is 9.53. The Morgan fingerprint density at radius 3 is 2.20 bits per heavy atom. The SMILES string of the molecule is COc1cc(Br)c(Nc2nc(C)cc(C)n2)c(OC)c1. The summed E-state index contributed by atoms with van der Waals surface area (Å²) >= 11 is 3.50. The largest absolute Gasteiger partial charge is 0.497 e. The monoisotopic (exact) mass is 337 g/mol. The molecule has 106 valence electrons. The number of aryl methyl sites for hydroxylation is 2. The molecule has 5 nitrogen and oxygen atoms in total. The van der Waals surface area contributed by atoms with Gasteiger partial charge < -0.3 is 14.8 Å². The van der Waals surface area contributed by atoms with Gasteiger partial charge in [-0.15, -0.1) is 0 Å². The van der Waals surface area contributed by atoms with Crippen molar-refractivity contribution in [1.29, 1.82) is 0 Å². The van der Waals surface area contributed by atoms with E-state index in [2.05, 4.69) is 31.2 Å². The standard InChI is InChI=1S/C14H16BrN3O2/c1-8-5-9(2)17-14(16-8)18-13-11(15)6-10(19-3)7-12(13)20-4/h5-7H,1-4H3,(H,16,17,18). The van der Waals surface area contributed by atoms with E-state index in [4.69, 9.17) is 9.47 Å². The fourth-order valence-corrected chi connectivity index (χ4v) is 2.37. The normalized spacial score (nSPS) is 10.2. The van der Waals surface area contributed by atoms with Crippen LogP contribution in [0.2, 0.25) is 0 Å². The number of hydrogen-bond acceptors (Lipinski definition) is 5. The molecule has 0 saturated heterocycles. The van der Waals surface area contributed by atoms with Gasteiger partial charge in [0.15, 0.2) is 0 Å². The summed E-state index contributed by atoms with van der Waals surface area (Å²) < 4.78 is 11.4. The quantitative estimate of drug-likeness (QED) is 0.923. The van der Waals surface area contributed by atoms with Crippen LogP contribution in [0.1, 0.15) is 11.4 Å². The van der Waals surface area contributed by atoms with Crippen LogP contribution in [0.5, 0.6) is 11.5 Å². The van der Waals surface area contributed by atoms with Crippen LogP contribution in [-0.4, -0.2) is 24.2 Å². The molecule has 1 aromatic heterocycles. The summed E-state index contributed by atoms with van der Waals surface area (Å²) in [5.41, 5.74) is 2.57. The van der Waals surface area contributed by atoms with Gasteiger partial charge in [-0.3, -0.25) is 0 Å². The first-order valence-corrected chi connectivity index (χ1v) is 6.83. The summed E-state index contributed by atoms with van der Waals surface area (Å²) in [5, 5.41) is 3.18. The minimum atomic E-state index is 0.534. The molecule has 0 aliphatic carbocycles. The van der Waals surface area contributed by atoms with Crippen LogP contribution in [0.15, 0.2) is 22.7 Å². The Morgan fingerprint density at radius 2 is 1.65 bits per heavy atom. The van der Waals surface area contributed by atoms with Crippen LogP contribution in [0.4, 0.5) is 11.6 Å². The van der Waals surface area contributed by atoms with Crippen LogP contribution in [0.25, 0.3) is 0 Å². The zero-order chi connectivity index (χ0) is 14.7. The Kier molecular flexibility index (Phi) is 4.44. The number of nitrogens with zero attached hydrogens (tertiary/aromatic N) is 2. The molecular weight excluding hydrogens is 322 g/mol. The number of hydrogen-bond donors (Lipinski definition) is 1. The molecule has 1 N–H and O–H groups in total. The molecule has 0 aliphatic heterocycles. The molecule has 0 fully saturated rings. The van der Waals surface area contributed by atoms with Crippen molar-refractivity contribution in [3.63, 3.8) is 0 Å². The van der Waals surface area contributed by atoms with Crippen LogP contribution < -0.4 is 14.8 Å². The van der Waals surface area contributed by atoms with E-state index in [1.165, 1.54) is 0 Å². The molecule has 0 amide bonds. The molecule has 2 rings (SSSR count). The second-order valence-corrected chi connectivity index (χ2v) is 5.14. The average molecular weight is 338 g/mol. The third kappa shape index (κ3) is 3.19. The van der Waals surface area contributed by atoms with Gasteiger partial charge in [-0.05, 0) is 41.9 Å². The maximum absolute atomic E-state index is 5.37. The molecule has 20 heavy (non-hydrogen) atoms. The molecule has 0 saturated carbocycles. The van der Waals surface area contributed by atoms with E-state index in [1.807, 2.05) is 26.0 Å². The third-order valence-electron chi connectivity index (χ3n) is 2.70. The van der Waals surface area contributed by atoms with Crippen LogP contribution in [0.3, 0.4) is 0 Å². The second-order valence-electron chi connectivity index (χ2n) is 4.29. The molecular formula is C14H16BrN3O2. The van der Waals surface area contributed by atoms with Crippen molar-refractivity contribution in [2.24, 2.45) is 0 Å². The van der Waals surface area contributed by atoms with Gasteiger partial charge in [0.25, 0.3) is 0 Å². The van der Waals surface area contributed by atoms with Gasteiger partial charge in [0, 0.05) is 21.9 Å². The summed E-state index contributed by atoms with van der Waals surface area (Å²) in [5.74, 6) is 1.89. The van der Waals surface area contributed by atoms with Crippen LogP contribution in [0, 0.1) is 13.8 Å². The lowest BCUT2D eigenvalue weighted by atomic mass is 10.2. The first-order valence-electron chi connectivity index (χ1n) is 6.04. The Labute approximate surface area is 126 Å². The summed E-state index contributed by atoms with van der Waals surface area (Å²) in [6, 6.07) is 5.58. The number of rotatable bonds is 4. The number of ether oxygens (including phenoxy) is 2. The van der Waals surface area contributed by atoms with Gasteiger partial charge in [0.2, 0.25) is 5.95 Å². The topological polar surface area (TPSA) is 56.3 Å². The van der Waals surface area contributed by atoms with E-state index in [0.717, 1.165) is 21.5 Å². The number of methoxy groups -OCH3 is 2. The Morgan fingerprint density at radius 1 is 1.00 bits per heavy atom. The smallest absolute Gasteiger partial charge is 0.227 e. The highest BCUT2D eigenvalue weighted by molar-refractivity contribution is 9.10. The number of nitrogens with one attached hydrogen (secondary N) is 1. The minimum absolute atomic E-state index is 0.534. The van der Waals surface area contributed by atoms with Gasteiger partial charge >= 0.3 is 0 Å². The molecule has 6 heteroatoms. The Balaban J connectivity index is 2.42. The van der Waals surface area contributed by atoms with E-state index < -0.39 is 0 Å². The average Bonchev–Trinajstić information content (AvgIpc) is 2.39. The van der Waals surface area contributed by atoms with Gasteiger partial charge in [-0.25, -0.2) is 9.97 Å². The van der Waals surface area contributed by atoms with Crippen molar-refractivity contribution in [2.45, 2.75) is 13.8 Å².